The summed E-state index contributed by atoms with van der Waals surface area (Å²) < 4.78 is 182. The van der Waals surface area contributed by atoms with Crippen molar-refractivity contribution < 1.29 is 27.4 Å². The van der Waals surface area contributed by atoms with E-state index < -0.39 is 121 Å². The minimum atomic E-state index is -0.559. The highest BCUT2D eigenvalue weighted by Crippen LogP contribution is 2.44. The highest BCUT2D eigenvalue weighted by molar-refractivity contribution is 6.14. The van der Waals surface area contributed by atoms with Crippen LogP contribution in [0.5, 0.6) is 0 Å². The van der Waals surface area contributed by atoms with Gasteiger partial charge in [-0.1, -0.05) is 223 Å². The standard InChI is InChI=1S/C83H64N6/c1-82(2,3)61-39-45-77-69(51-61)70-52-62(83(4,5)6)40-46-78(70)89(77)81-85-79(63-31-19-21-33-71(63)87-73-41-35-57(53-23-11-7-12-24-53)47-65(73)66-48-58(36-42-74(66)87)54-25-13-8-14-26-54)84-80(86-81)64-32-20-22-34-72(64)88-75-43-37-59(55-27-15-9-16-28-55)49-67(75)68-50-60(38-44-76(68)88)56-29-17-10-18-30-56/h7-52H,1-6H3/i7D,8D,9D,10D,11D,12D,13D,14D,15D,16D,17D,18D,23D,24D,25D,26D,27D,28D,29D,30D. The molecule has 0 aliphatic rings. The van der Waals surface area contributed by atoms with Gasteiger partial charge in [0, 0.05) is 43.4 Å². The molecule has 6 heteroatoms. The molecule has 0 atom stereocenters. The van der Waals surface area contributed by atoms with Gasteiger partial charge in [-0.05, 0) is 164 Å². The summed E-state index contributed by atoms with van der Waals surface area (Å²) in [5, 5.41) is 3.94. The van der Waals surface area contributed by atoms with E-state index >= 15 is 0 Å². The molecule has 0 saturated heterocycles. The lowest BCUT2D eigenvalue weighted by atomic mass is 9.85. The molecule has 16 rings (SSSR count). The van der Waals surface area contributed by atoms with Crippen LogP contribution in [0.1, 0.15) is 80.1 Å². The molecular formula is C83H64N6. The predicted molar refractivity (Wildman–Crippen MR) is 373 cm³/mol. The van der Waals surface area contributed by atoms with E-state index in [9.17, 15) is 0 Å². The van der Waals surface area contributed by atoms with E-state index in [1.807, 2.05) is 62.2 Å². The molecule has 4 heterocycles. The van der Waals surface area contributed by atoms with Crippen LogP contribution in [-0.4, -0.2) is 28.7 Å². The number of para-hydroxylation sites is 2. The average Bonchev–Trinajstić information content (AvgIpc) is 1.60. The van der Waals surface area contributed by atoms with E-state index in [-0.39, 0.29) is 72.9 Å². The molecule has 0 amide bonds. The van der Waals surface area contributed by atoms with Crippen LogP contribution in [0.15, 0.2) is 279 Å². The van der Waals surface area contributed by atoms with Crippen LogP contribution in [0.25, 0.3) is 150 Å². The van der Waals surface area contributed by atoms with Crippen LogP contribution >= 0.6 is 0 Å². The third-order valence-corrected chi connectivity index (χ3v) is 16.8. The van der Waals surface area contributed by atoms with Crippen molar-refractivity contribution in [1.29, 1.82) is 0 Å². The monoisotopic (exact) mass is 1160 g/mol. The van der Waals surface area contributed by atoms with Crippen molar-refractivity contribution in [2.24, 2.45) is 0 Å². The Labute approximate surface area is 546 Å². The third kappa shape index (κ3) is 9.21. The molecule has 426 valence electrons. The van der Waals surface area contributed by atoms with E-state index in [1.54, 1.807) is 72.8 Å². The van der Waals surface area contributed by atoms with Crippen LogP contribution < -0.4 is 0 Å². The molecule has 0 spiro atoms. The van der Waals surface area contributed by atoms with Crippen LogP contribution in [0.4, 0.5) is 0 Å². The fraction of sp³-hybridized carbons (Fsp3) is 0.0964. The van der Waals surface area contributed by atoms with Gasteiger partial charge in [-0.15, -0.1) is 0 Å². The van der Waals surface area contributed by atoms with Gasteiger partial charge in [0.15, 0.2) is 11.6 Å². The molecule has 12 aromatic carbocycles. The maximum Gasteiger partial charge on any atom is 0.238 e. The topological polar surface area (TPSA) is 53.5 Å². The Hall–Kier alpha value is -11.0. The summed E-state index contributed by atoms with van der Waals surface area (Å²) in [6.07, 6.45) is 0. The second-order valence-electron chi connectivity index (χ2n) is 24.2. The number of aromatic nitrogens is 6. The van der Waals surface area contributed by atoms with Gasteiger partial charge in [0.2, 0.25) is 5.95 Å². The molecule has 0 saturated carbocycles. The Kier molecular flexibility index (Phi) is 8.51. The summed E-state index contributed by atoms with van der Waals surface area (Å²) in [5.74, 6) is 0.598. The Bertz CT molecular complexity index is 5960. The molecular weight excluding hydrogens is 1080 g/mol. The smallest absolute Gasteiger partial charge is 0.238 e. The van der Waals surface area contributed by atoms with E-state index in [0.717, 1.165) is 32.9 Å². The SMILES string of the molecule is [2H]c1c([2H])c([2H])c(-c2ccc3c(c2)c2cc(-c4c([2H])c([2H])c([2H])c([2H])c4[2H])ccc2n3-c2ccccc2-c2nc(-c3ccccc3-n3c4ccc(-c5c([2H])c([2H])c([2H])c([2H])c5[2H])cc4c4cc(-c5c([2H])c([2H])c([2H])c([2H])c5[2H])ccc43)nc(-n3c4ccc(C(C)(C)C)cc4c4cc(C(C)(C)C)ccc43)n2)c([2H])c1[2H]. The van der Waals surface area contributed by atoms with Crippen molar-refractivity contribution in [1.82, 2.24) is 28.7 Å². The molecule has 89 heavy (non-hydrogen) atoms. The van der Waals surface area contributed by atoms with Gasteiger partial charge in [-0.3, -0.25) is 4.57 Å². The lowest BCUT2D eigenvalue weighted by molar-refractivity contribution is 0.590. The maximum atomic E-state index is 9.08. The van der Waals surface area contributed by atoms with Crippen molar-refractivity contribution >= 4 is 65.4 Å². The number of hydrogen-bond donors (Lipinski definition) is 0. The van der Waals surface area contributed by atoms with Crippen molar-refractivity contribution in [3.63, 3.8) is 0 Å². The van der Waals surface area contributed by atoms with E-state index in [2.05, 4.69) is 77.9 Å². The summed E-state index contributed by atoms with van der Waals surface area (Å²) in [7, 11) is 0. The Morgan fingerprint density at radius 2 is 0.562 bits per heavy atom. The lowest BCUT2D eigenvalue weighted by Gasteiger charge is -2.19. The van der Waals surface area contributed by atoms with Gasteiger partial charge in [0.1, 0.15) is 0 Å². The van der Waals surface area contributed by atoms with Crippen LogP contribution in [0, 0.1) is 0 Å². The zero-order chi connectivity index (χ0) is 77.5. The molecule has 0 fully saturated rings. The molecule has 0 aliphatic heterocycles. The van der Waals surface area contributed by atoms with Crippen LogP contribution in [0.2, 0.25) is 0 Å². The number of benzene rings is 12. The molecule has 0 aliphatic carbocycles. The van der Waals surface area contributed by atoms with Gasteiger partial charge < -0.3 is 9.13 Å². The van der Waals surface area contributed by atoms with E-state index in [0.29, 0.717) is 66.1 Å². The summed E-state index contributed by atoms with van der Waals surface area (Å²) in [5.41, 5.74) is 8.48. The fourth-order valence-electron chi connectivity index (χ4n) is 12.4. The molecule has 16 aromatic rings. The van der Waals surface area contributed by atoms with Gasteiger partial charge in [-0.25, -0.2) is 4.98 Å². The quantitative estimate of drug-likeness (QED) is 0.145. The first-order valence-corrected chi connectivity index (χ1v) is 29.2. The molecule has 6 nitrogen and oxygen atoms in total. The number of rotatable bonds is 9. The molecule has 0 unspecified atom stereocenters. The zero-order valence-electron chi connectivity index (χ0n) is 69.2. The van der Waals surface area contributed by atoms with Crippen LogP contribution in [-0.2, 0) is 10.8 Å². The molecule has 0 N–H and O–H groups in total. The summed E-state index contributed by atoms with van der Waals surface area (Å²) in [6.45, 7) is 13.0. The van der Waals surface area contributed by atoms with E-state index in [4.69, 9.17) is 42.4 Å². The van der Waals surface area contributed by atoms with Gasteiger partial charge in [0.25, 0.3) is 0 Å². The predicted octanol–water partition coefficient (Wildman–Crippen LogP) is 21.8. The first kappa shape index (κ1) is 36.3. The average molecular weight is 1170 g/mol. The van der Waals surface area contributed by atoms with Crippen molar-refractivity contribution in [3.05, 3.63) is 290 Å². The summed E-state index contributed by atoms with van der Waals surface area (Å²) >= 11 is 0. The fourth-order valence-corrected chi connectivity index (χ4v) is 12.4. The Balaban J connectivity index is 0.996. The van der Waals surface area contributed by atoms with Crippen molar-refractivity contribution in [3.8, 4) is 84.6 Å². The first-order valence-electron chi connectivity index (χ1n) is 39.2. The second kappa shape index (κ2) is 20.9. The zero-order valence-corrected chi connectivity index (χ0v) is 49.2. The molecule has 4 aromatic heterocycles. The normalized spacial score (nSPS) is 15.3. The second-order valence-corrected chi connectivity index (χ2v) is 24.2. The third-order valence-electron chi connectivity index (χ3n) is 16.8. The maximum absolute atomic E-state index is 9.08. The minimum Gasteiger partial charge on any atom is -0.309 e. The molecule has 0 radical (unpaired) electrons. The first-order chi connectivity index (χ1) is 51.7. The lowest BCUT2D eigenvalue weighted by Crippen LogP contribution is -2.11. The number of hydrogen-bond acceptors (Lipinski definition) is 3. The molecule has 0 bridgehead atoms. The summed E-state index contributed by atoms with van der Waals surface area (Å²) in [4.78, 5) is 16.7. The highest BCUT2D eigenvalue weighted by atomic mass is 15.2. The van der Waals surface area contributed by atoms with Gasteiger partial charge in [-0.2, -0.15) is 9.97 Å². The Morgan fingerprint density at radius 3 is 0.876 bits per heavy atom. The minimum absolute atomic E-state index is 0.0482. The van der Waals surface area contributed by atoms with Gasteiger partial charge >= 0.3 is 0 Å². The van der Waals surface area contributed by atoms with Gasteiger partial charge in [0.05, 0.1) is 71.9 Å². The largest absolute Gasteiger partial charge is 0.309 e. The number of fused-ring (bicyclic) bond motifs is 9. The Morgan fingerprint density at radius 1 is 0.281 bits per heavy atom. The van der Waals surface area contributed by atoms with E-state index in [1.165, 1.54) is 0 Å². The van der Waals surface area contributed by atoms with Crippen molar-refractivity contribution in [2.45, 2.75) is 52.4 Å². The van der Waals surface area contributed by atoms with Crippen molar-refractivity contribution in [2.75, 3.05) is 0 Å². The number of nitrogens with zero attached hydrogens (tertiary/aromatic N) is 6. The summed E-state index contributed by atoms with van der Waals surface area (Å²) in [6, 6.07) is 38.8. The van der Waals surface area contributed by atoms with Crippen LogP contribution in [0.3, 0.4) is 0 Å². The highest BCUT2D eigenvalue weighted by Gasteiger charge is 2.27.